The zero-order valence-corrected chi connectivity index (χ0v) is 24.4. The molecule has 2 amide bonds. The monoisotopic (exact) mass is 592 g/mol. The Morgan fingerprint density at radius 1 is 1.11 bits per heavy atom. The first-order chi connectivity index (χ1) is 20.7. The number of benzene rings is 1. The van der Waals surface area contributed by atoms with Gasteiger partial charge in [-0.25, -0.2) is 13.9 Å². The minimum Gasteiger partial charge on any atom is -0.382 e. The van der Waals surface area contributed by atoms with E-state index in [9.17, 15) is 14.7 Å². The molecule has 16 heteroatoms. The highest BCUT2D eigenvalue weighted by molar-refractivity contribution is 6.49. The molecule has 5 heterocycles. The molecule has 0 bridgehead atoms. The highest BCUT2D eigenvalue weighted by atomic mass is 19.1. The second kappa shape index (κ2) is 10.2. The second-order valence-electron chi connectivity index (χ2n) is 11.6. The average Bonchev–Trinajstić information content (AvgIpc) is 3.59. The predicted octanol–water partition coefficient (Wildman–Crippen LogP) is 1.11. The number of nitrogens with two attached hydrogens (primary N) is 1. The molecule has 0 saturated carbocycles. The number of aromatic nitrogens is 5. The van der Waals surface area contributed by atoms with Gasteiger partial charge in [0.05, 0.1) is 38.8 Å². The lowest BCUT2D eigenvalue weighted by molar-refractivity contribution is -0.174. The van der Waals surface area contributed by atoms with Crippen LogP contribution >= 0.6 is 0 Å². The van der Waals surface area contributed by atoms with Crippen LogP contribution in [-0.2, 0) is 14.3 Å². The molecular formula is C28H28B3FN8O4. The van der Waals surface area contributed by atoms with Gasteiger partial charge in [0.25, 0.3) is 5.91 Å². The van der Waals surface area contributed by atoms with E-state index in [1.165, 1.54) is 32.3 Å². The first-order valence-corrected chi connectivity index (χ1v) is 14.0. The molecule has 1 aromatic carbocycles. The van der Waals surface area contributed by atoms with Crippen molar-refractivity contribution in [2.24, 2.45) is 0 Å². The number of amides is 2. The summed E-state index contributed by atoms with van der Waals surface area (Å²) in [5.41, 5.74) is 4.29. The number of nitrogen functional groups attached to an aromatic ring is 1. The third-order valence-corrected chi connectivity index (χ3v) is 8.45. The van der Waals surface area contributed by atoms with Gasteiger partial charge in [0.2, 0.25) is 5.91 Å². The van der Waals surface area contributed by atoms with Gasteiger partial charge in [-0.15, -0.1) is 0 Å². The number of nitrogens with zero attached hydrogens (tertiary/aromatic N) is 7. The van der Waals surface area contributed by atoms with Crippen molar-refractivity contribution >= 4 is 52.4 Å². The zero-order chi connectivity index (χ0) is 31.8. The first kappa shape index (κ1) is 29.9. The summed E-state index contributed by atoms with van der Waals surface area (Å²) in [5.74, 6) is -2.29. The molecule has 3 aromatic heterocycles. The number of carbonyl (C=O) groups excluding carboxylic acids is 2. The number of halogens is 1. The van der Waals surface area contributed by atoms with E-state index in [-0.39, 0.29) is 17.5 Å². The average molecular weight is 592 g/mol. The topological polar surface area (TPSA) is 144 Å². The van der Waals surface area contributed by atoms with Crippen molar-refractivity contribution in [1.82, 2.24) is 29.3 Å². The smallest absolute Gasteiger partial charge is 0.251 e. The van der Waals surface area contributed by atoms with Crippen LogP contribution in [0.2, 0.25) is 0 Å². The molecule has 6 rings (SSSR count). The molecule has 0 spiro atoms. The fourth-order valence-corrected chi connectivity index (χ4v) is 6.31. The van der Waals surface area contributed by atoms with Crippen LogP contribution in [-0.4, -0.2) is 99.5 Å². The van der Waals surface area contributed by atoms with Crippen LogP contribution in [0.15, 0.2) is 42.9 Å². The van der Waals surface area contributed by atoms with E-state index in [0.29, 0.717) is 45.4 Å². The summed E-state index contributed by atoms with van der Waals surface area (Å²) in [4.78, 5) is 31.9. The van der Waals surface area contributed by atoms with Crippen molar-refractivity contribution in [3.05, 3.63) is 48.7 Å². The molecule has 220 valence electrons. The molecule has 6 radical (unpaired) electrons. The normalized spacial score (nSPS) is 22.1. The SMILES string of the molecule is [B]C1([B])N(c2cc(-c3cc(-c4ccnn4C4CCOCC4)c4c(N)ncnn34)ccc2F)C(=O)C(C)(C)N(C(C)=O)C1([B])O. The second-order valence-corrected chi connectivity index (χ2v) is 11.6. The maximum Gasteiger partial charge on any atom is 0.251 e. The summed E-state index contributed by atoms with van der Waals surface area (Å²) in [5, 5.41) is 17.6. The van der Waals surface area contributed by atoms with E-state index >= 15 is 4.39 Å². The number of hydrogen-bond donors (Lipinski definition) is 2. The standard InChI is InChI=1S/C28H28B3FN8O4/c1-15(41)40-26(2,3)25(42)37(27(29,30)28(40,31)43)22-12-16(4-5-19(22)32)21-13-18(23-24(33)34-14-36-39(21)23)20-6-9-35-38(20)17-7-10-44-11-8-17/h4-6,9,12-14,17,43H,7-8,10-11H2,1-3H3,(H2,33,34,36). The molecular weight excluding hydrogens is 564 g/mol. The highest BCUT2D eigenvalue weighted by Crippen LogP contribution is 2.44. The summed E-state index contributed by atoms with van der Waals surface area (Å²) >= 11 is 0. The quantitative estimate of drug-likeness (QED) is 0.336. The molecule has 3 N–H and O–H groups in total. The molecule has 2 aliphatic rings. The molecule has 2 saturated heterocycles. The molecule has 2 aliphatic heterocycles. The van der Waals surface area contributed by atoms with Crippen LogP contribution in [0.4, 0.5) is 15.9 Å². The van der Waals surface area contributed by atoms with Crippen molar-refractivity contribution < 1.29 is 23.8 Å². The summed E-state index contributed by atoms with van der Waals surface area (Å²) < 4.78 is 24.6. The van der Waals surface area contributed by atoms with Crippen molar-refractivity contribution in [1.29, 1.82) is 0 Å². The maximum atomic E-state index is 15.6. The van der Waals surface area contributed by atoms with Crippen LogP contribution < -0.4 is 10.6 Å². The van der Waals surface area contributed by atoms with Gasteiger partial charge in [-0.2, -0.15) is 10.2 Å². The van der Waals surface area contributed by atoms with E-state index < -0.39 is 34.1 Å². The molecule has 12 nitrogen and oxygen atoms in total. The largest absolute Gasteiger partial charge is 0.382 e. The van der Waals surface area contributed by atoms with Crippen LogP contribution in [0.3, 0.4) is 0 Å². The Labute approximate surface area is 256 Å². The van der Waals surface area contributed by atoms with Gasteiger partial charge in [-0.3, -0.25) is 14.3 Å². The number of fused-ring (bicyclic) bond motifs is 1. The number of ether oxygens (including phenoxy) is 1. The highest BCUT2D eigenvalue weighted by Gasteiger charge is 2.61. The van der Waals surface area contributed by atoms with Crippen LogP contribution in [0, 0.1) is 5.82 Å². The van der Waals surface area contributed by atoms with E-state index in [2.05, 4.69) is 15.2 Å². The Balaban J connectivity index is 1.52. The summed E-state index contributed by atoms with van der Waals surface area (Å²) in [6.45, 7) is 5.05. The summed E-state index contributed by atoms with van der Waals surface area (Å²) in [6.07, 6.45) is 4.57. The Hall–Kier alpha value is -4.17. The van der Waals surface area contributed by atoms with E-state index in [1.54, 1.807) is 10.7 Å². The minimum atomic E-state index is -2.78. The maximum absolute atomic E-state index is 15.6. The number of aliphatic hydroxyl groups is 1. The Morgan fingerprint density at radius 3 is 2.50 bits per heavy atom. The van der Waals surface area contributed by atoms with Gasteiger partial charge < -0.3 is 25.4 Å². The number of carbonyl (C=O) groups is 2. The van der Waals surface area contributed by atoms with Crippen molar-refractivity contribution in [3.63, 3.8) is 0 Å². The van der Waals surface area contributed by atoms with Crippen molar-refractivity contribution in [3.8, 4) is 22.5 Å². The van der Waals surface area contributed by atoms with Gasteiger partial charge in [0.15, 0.2) is 5.82 Å². The molecule has 1 unspecified atom stereocenters. The molecule has 4 aromatic rings. The first-order valence-electron chi connectivity index (χ1n) is 14.0. The number of anilines is 2. The third kappa shape index (κ3) is 4.26. The van der Waals surface area contributed by atoms with Crippen LogP contribution in [0.25, 0.3) is 28.0 Å². The van der Waals surface area contributed by atoms with Crippen molar-refractivity contribution in [2.75, 3.05) is 23.8 Å². The summed E-state index contributed by atoms with van der Waals surface area (Å²) in [7, 11) is 18.7. The Morgan fingerprint density at radius 2 is 1.82 bits per heavy atom. The minimum absolute atomic E-state index is 0.107. The van der Waals surface area contributed by atoms with E-state index in [0.717, 1.165) is 31.5 Å². The lowest BCUT2D eigenvalue weighted by Gasteiger charge is -2.63. The van der Waals surface area contributed by atoms with E-state index in [1.807, 2.05) is 16.8 Å². The fourth-order valence-electron chi connectivity index (χ4n) is 6.31. The molecule has 1 atom stereocenters. The van der Waals surface area contributed by atoms with Crippen molar-refractivity contribution in [2.45, 2.75) is 56.2 Å². The number of piperazine rings is 1. The Bertz CT molecular complexity index is 1800. The van der Waals surface area contributed by atoms with Crippen LogP contribution in [0.1, 0.15) is 39.7 Å². The van der Waals surface area contributed by atoms with Crippen LogP contribution in [0.5, 0.6) is 0 Å². The third-order valence-electron chi connectivity index (χ3n) is 8.45. The molecule has 2 fully saturated rings. The van der Waals surface area contributed by atoms with Gasteiger partial charge in [0, 0.05) is 42.8 Å². The lowest BCUT2D eigenvalue weighted by atomic mass is 9.46. The lowest BCUT2D eigenvalue weighted by Crippen LogP contribution is -2.85. The number of hydrogen-bond acceptors (Lipinski definition) is 8. The van der Waals surface area contributed by atoms with E-state index in [4.69, 9.17) is 34.0 Å². The van der Waals surface area contributed by atoms with Gasteiger partial charge in [0.1, 0.15) is 36.7 Å². The Kier molecular flexibility index (Phi) is 6.93. The number of rotatable bonds is 4. The molecule has 44 heavy (non-hydrogen) atoms. The van der Waals surface area contributed by atoms with Gasteiger partial charge in [-0.1, -0.05) is 0 Å². The summed E-state index contributed by atoms with van der Waals surface area (Å²) in [6, 6.07) is 7.76. The van der Waals surface area contributed by atoms with Gasteiger partial charge in [-0.05, 0) is 57.0 Å². The fraction of sp³-hybridized carbons (Fsp3) is 0.393. The predicted molar refractivity (Wildman–Crippen MR) is 162 cm³/mol. The van der Waals surface area contributed by atoms with Gasteiger partial charge >= 0.3 is 0 Å². The molecule has 0 aliphatic carbocycles. The zero-order valence-electron chi connectivity index (χ0n) is 24.4.